The van der Waals surface area contributed by atoms with Crippen LogP contribution in [0.1, 0.15) is 18.7 Å². The third kappa shape index (κ3) is 2.82. The van der Waals surface area contributed by atoms with Gasteiger partial charge in [-0.2, -0.15) is 0 Å². The van der Waals surface area contributed by atoms with Crippen molar-refractivity contribution in [2.45, 2.75) is 19.3 Å². The number of hydrogen-bond donors (Lipinski definition) is 2. The number of thiophene rings is 1. The second kappa shape index (κ2) is 4.98. The van der Waals surface area contributed by atoms with Crippen LogP contribution in [0.3, 0.4) is 0 Å². The van der Waals surface area contributed by atoms with E-state index < -0.39 is 0 Å². The molecule has 3 N–H and O–H groups in total. The van der Waals surface area contributed by atoms with Crippen molar-refractivity contribution in [1.82, 2.24) is 0 Å². The molecule has 4 heteroatoms. The molecule has 0 fully saturated rings. The molecule has 0 unspecified atom stereocenters. The number of anilines is 2. The summed E-state index contributed by atoms with van der Waals surface area (Å²) in [6.07, 6.45) is 0. The lowest BCUT2D eigenvalue weighted by molar-refractivity contribution is 0.568. The van der Waals surface area contributed by atoms with Gasteiger partial charge in [-0.3, -0.25) is 0 Å². The normalized spacial score (nSPS) is 11.5. The molecule has 2 rings (SSSR count). The summed E-state index contributed by atoms with van der Waals surface area (Å²) in [4.78, 5) is 1.31. The Labute approximate surface area is 111 Å². The Morgan fingerprint density at radius 2 is 2.11 bits per heavy atom. The molecular weight excluding hydrogens is 247 g/mol. The van der Waals surface area contributed by atoms with Crippen LogP contribution < -0.4 is 11.1 Å². The molecule has 1 aromatic carbocycles. The first-order valence-corrected chi connectivity index (χ1v) is 6.70. The zero-order chi connectivity index (χ0) is 13.2. The first kappa shape index (κ1) is 12.9. The van der Waals surface area contributed by atoms with Crippen molar-refractivity contribution in [2.75, 3.05) is 17.6 Å². The van der Waals surface area contributed by atoms with Crippen molar-refractivity contribution in [3.8, 4) is 0 Å². The zero-order valence-corrected chi connectivity index (χ0v) is 11.4. The molecule has 0 aliphatic rings. The van der Waals surface area contributed by atoms with Gasteiger partial charge in [0, 0.05) is 22.5 Å². The number of nitrogens with one attached hydrogen (secondary N) is 1. The lowest BCUT2D eigenvalue weighted by Gasteiger charge is -2.24. The van der Waals surface area contributed by atoms with E-state index in [2.05, 4.69) is 30.6 Å². The van der Waals surface area contributed by atoms with Crippen molar-refractivity contribution in [3.63, 3.8) is 0 Å². The average Bonchev–Trinajstić information content (AvgIpc) is 2.85. The first-order valence-electron chi connectivity index (χ1n) is 5.82. The van der Waals surface area contributed by atoms with Gasteiger partial charge in [-0.1, -0.05) is 19.9 Å². The SMILES string of the molecule is CC(C)(CNc1ccc(N)c(F)c1)c1cccs1. The molecule has 96 valence electrons. The maximum absolute atomic E-state index is 13.3. The highest BCUT2D eigenvalue weighted by Crippen LogP contribution is 2.28. The first-order chi connectivity index (χ1) is 8.49. The number of benzene rings is 1. The summed E-state index contributed by atoms with van der Waals surface area (Å²) in [6, 6.07) is 8.97. The Balaban J connectivity index is 2.05. The van der Waals surface area contributed by atoms with E-state index in [1.54, 1.807) is 23.5 Å². The molecule has 18 heavy (non-hydrogen) atoms. The molecule has 0 bridgehead atoms. The van der Waals surface area contributed by atoms with Gasteiger partial charge < -0.3 is 11.1 Å². The Bertz CT molecular complexity index is 521. The number of halogens is 1. The fourth-order valence-electron chi connectivity index (χ4n) is 1.71. The molecule has 0 atom stereocenters. The van der Waals surface area contributed by atoms with E-state index in [1.807, 2.05) is 6.07 Å². The summed E-state index contributed by atoms with van der Waals surface area (Å²) in [5, 5.41) is 5.32. The van der Waals surface area contributed by atoms with E-state index in [0.29, 0.717) is 0 Å². The molecule has 1 heterocycles. The highest BCUT2D eigenvalue weighted by molar-refractivity contribution is 7.10. The predicted molar refractivity (Wildman–Crippen MR) is 76.6 cm³/mol. The smallest absolute Gasteiger partial charge is 0.148 e. The number of rotatable bonds is 4. The monoisotopic (exact) mass is 264 g/mol. The quantitative estimate of drug-likeness (QED) is 0.823. The van der Waals surface area contributed by atoms with Gasteiger partial charge in [-0.15, -0.1) is 11.3 Å². The predicted octanol–water partition coefficient (Wildman–Crippen LogP) is 3.86. The lowest BCUT2D eigenvalue weighted by Crippen LogP contribution is -2.26. The van der Waals surface area contributed by atoms with Gasteiger partial charge >= 0.3 is 0 Å². The van der Waals surface area contributed by atoms with Crippen LogP contribution in [-0.4, -0.2) is 6.54 Å². The van der Waals surface area contributed by atoms with Crippen molar-refractivity contribution in [1.29, 1.82) is 0 Å². The number of nitrogens with two attached hydrogens (primary N) is 1. The maximum Gasteiger partial charge on any atom is 0.148 e. The summed E-state index contributed by atoms with van der Waals surface area (Å²) in [5.74, 6) is -0.381. The molecule has 0 amide bonds. The molecule has 0 spiro atoms. The minimum Gasteiger partial charge on any atom is -0.396 e. The summed E-state index contributed by atoms with van der Waals surface area (Å²) in [6.45, 7) is 5.08. The van der Waals surface area contributed by atoms with Crippen LogP contribution >= 0.6 is 11.3 Å². The highest BCUT2D eigenvalue weighted by atomic mass is 32.1. The molecule has 0 saturated carbocycles. The van der Waals surface area contributed by atoms with Crippen LogP contribution in [0.25, 0.3) is 0 Å². The molecule has 1 aromatic heterocycles. The third-order valence-electron chi connectivity index (χ3n) is 2.92. The molecule has 0 aliphatic carbocycles. The fourth-order valence-corrected chi connectivity index (χ4v) is 2.56. The van der Waals surface area contributed by atoms with Crippen molar-refractivity contribution in [3.05, 3.63) is 46.4 Å². The van der Waals surface area contributed by atoms with Crippen molar-refractivity contribution < 1.29 is 4.39 Å². The molecule has 0 saturated heterocycles. The molecular formula is C14H17FN2S. The Kier molecular flexibility index (Phi) is 3.57. The van der Waals surface area contributed by atoms with Gasteiger partial charge in [0.1, 0.15) is 5.82 Å². The average molecular weight is 264 g/mol. The summed E-state index contributed by atoms with van der Waals surface area (Å²) >= 11 is 1.74. The van der Waals surface area contributed by atoms with Gasteiger partial charge in [-0.05, 0) is 29.6 Å². The maximum atomic E-state index is 13.3. The lowest BCUT2D eigenvalue weighted by atomic mass is 9.91. The molecule has 2 nitrogen and oxygen atoms in total. The van der Waals surface area contributed by atoms with Gasteiger partial charge in [-0.25, -0.2) is 4.39 Å². The van der Waals surface area contributed by atoms with Crippen molar-refractivity contribution >= 4 is 22.7 Å². The second-order valence-corrected chi connectivity index (χ2v) is 5.90. The molecule has 0 aliphatic heterocycles. The highest BCUT2D eigenvalue weighted by Gasteiger charge is 2.21. The van der Waals surface area contributed by atoms with E-state index in [4.69, 9.17) is 5.73 Å². The van der Waals surface area contributed by atoms with Gasteiger partial charge in [0.05, 0.1) is 5.69 Å². The van der Waals surface area contributed by atoms with E-state index in [9.17, 15) is 4.39 Å². The van der Waals surface area contributed by atoms with E-state index in [1.165, 1.54) is 10.9 Å². The topological polar surface area (TPSA) is 38.0 Å². The van der Waals surface area contributed by atoms with Crippen LogP contribution in [0, 0.1) is 5.82 Å². The van der Waals surface area contributed by atoms with Crippen LogP contribution in [-0.2, 0) is 5.41 Å². The largest absolute Gasteiger partial charge is 0.396 e. The van der Waals surface area contributed by atoms with Crippen molar-refractivity contribution in [2.24, 2.45) is 0 Å². The van der Waals surface area contributed by atoms with E-state index >= 15 is 0 Å². The second-order valence-electron chi connectivity index (χ2n) is 4.95. The standard InChI is InChI=1S/C14H17FN2S/c1-14(2,13-4-3-7-18-13)9-17-10-5-6-12(16)11(15)8-10/h3-8,17H,9,16H2,1-2H3. The summed E-state index contributed by atoms with van der Waals surface area (Å²) < 4.78 is 13.3. The fraction of sp³-hybridized carbons (Fsp3) is 0.286. The molecule has 2 aromatic rings. The van der Waals surface area contributed by atoms with Gasteiger partial charge in [0.2, 0.25) is 0 Å². The Hall–Kier alpha value is -1.55. The van der Waals surface area contributed by atoms with E-state index in [-0.39, 0.29) is 16.9 Å². The minimum absolute atomic E-state index is 0.0199. The number of hydrogen-bond acceptors (Lipinski definition) is 3. The summed E-state index contributed by atoms with van der Waals surface area (Å²) in [7, 11) is 0. The molecule has 0 radical (unpaired) electrons. The van der Waals surface area contributed by atoms with Crippen LogP contribution in [0.2, 0.25) is 0 Å². The zero-order valence-electron chi connectivity index (χ0n) is 10.5. The van der Waals surface area contributed by atoms with Crippen LogP contribution in [0.15, 0.2) is 35.7 Å². The third-order valence-corrected chi connectivity index (χ3v) is 4.16. The van der Waals surface area contributed by atoms with E-state index in [0.717, 1.165) is 12.2 Å². The minimum atomic E-state index is -0.381. The van der Waals surface area contributed by atoms with Crippen LogP contribution in [0.4, 0.5) is 15.8 Å². The summed E-state index contributed by atoms with van der Waals surface area (Å²) in [5.41, 5.74) is 6.40. The Morgan fingerprint density at radius 1 is 1.33 bits per heavy atom. The van der Waals surface area contributed by atoms with Gasteiger partial charge in [0.15, 0.2) is 0 Å². The van der Waals surface area contributed by atoms with Crippen LogP contribution in [0.5, 0.6) is 0 Å². The van der Waals surface area contributed by atoms with Gasteiger partial charge in [0.25, 0.3) is 0 Å². The Morgan fingerprint density at radius 3 is 2.72 bits per heavy atom. The number of nitrogen functional groups attached to an aromatic ring is 1.